The number of pyridine rings is 1. The number of ketones is 1. The molecule has 1 aliphatic carbocycles. The maximum atomic E-state index is 12.2. The molecule has 0 atom stereocenters. The van der Waals surface area contributed by atoms with Gasteiger partial charge in [-0.05, 0) is 57.0 Å². The molecular formula is C27H29N5OS. The number of hydrogen-bond donors (Lipinski definition) is 1. The quantitative estimate of drug-likeness (QED) is 0.402. The Balaban J connectivity index is 1.65. The molecule has 0 amide bonds. The Morgan fingerprint density at radius 2 is 2.03 bits per heavy atom. The van der Waals surface area contributed by atoms with Crippen molar-refractivity contribution in [1.82, 2.24) is 25.1 Å². The van der Waals surface area contributed by atoms with E-state index in [0.29, 0.717) is 13.0 Å². The van der Waals surface area contributed by atoms with Crippen LogP contribution in [0, 0.1) is 6.92 Å². The molecule has 0 fully saturated rings. The second kappa shape index (κ2) is 9.60. The van der Waals surface area contributed by atoms with Crippen LogP contribution in [0.4, 0.5) is 0 Å². The van der Waals surface area contributed by atoms with Crippen LogP contribution in [-0.4, -0.2) is 39.1 Å². The summed E-state index contributed by atoms with van der Waals surface area (Å²) in [5.74, 6) is 0.153. The van der Waals surface area contributed by atoms with Crippen LogP contribution in [0.25, 0.3) is 27.5 Å². The fourth-order valence-electron chi connectivity index (χ4n) is 4.60. The molecule has 1 N–H and O–H groups in total. The minimum absolute atomic E-state index is 0.153. The molecule has 0 saturated heterocycles. The van der Waals surface area contributed by atoms with Gasteiger partial charge in [-0.3, -0.25) is 9.78 Å². The number of carbonyl (C=O) groups is 1. The van der Waals surface area contributed by atoms with Crippen LogP contribution in [0.3, 0.4) is 0 Å². The molecule has 0 aliphatic heterocycles. The highest BCUT2D eigenvalue weighted by Crippen LogP contribution is 2.43. The summed E-state index contributed by atoms with van der Waals surface area (Å²) < 4.78 is 2.08. The number of Topliss-reactive ketones (excluding diaryl/α,β-unsaturated/α-hetero) is 1. The Hall–Kier alpha value is -3.16. The first-order valence-corrected chi connectivity index (χ1v) is 12.7. The Bertz CT molecular complexity index is 1340. The number of aromatic nitrogens is 4. The molecule has 0 unspecified atom stereocenters. The van der Waals surface area contributed by atoms with Crippen molar-refractivity contribution in [3.05, 3.63) is 70.1 Å². The second-order valence-electron chi connectivity index (χ2n) is 8.79. The minimum Gasteiger partial charge on any atom is -0.313 e. The predicted molar refractivity (Wildman–Crippen MR) is 137 cm³/mol. The summed E-state index contributed by atoms with van der Waals surface area (Å²) in [6.07, 6.45) is 6.11. The van der Waals surface area contributed by atoms with E-state index < -0.39 is 0 Å². The van der Waals surface area contributed by atoms with Crippen LogP contribution in [0.2, 0.25) is 0 Å². The number of para-hydroxylation sites is 1. The zero-order valence-corrected chi connectivity index (χ0v) is 20.7. The van der Waals surface area contributed by atoms with E-state index in [4.69, 9.17) is 10.1 Å². The van der Waals surface area contributed by atoms with Gasteiger partial charge in [-0.15, -0.1) is 11.3 Å². The SMILES string of the molecule is CCCc1ccc(-c2nn(-c3ccccc3C)c3c2CCc2nc(CC(=O)CNC)sc2-3)cn1. The standard InChI is InChI=1S/C27H29N5OS/c1-4-7-19-11-10-18(15-29-19)25-21-12-13-22-27(34-24(30-22)14-20(33)16-28-3)26(21)32(31-25)23-9-6-5-8-17(23)2/h5-6,8-11,15,28H,4,7,12-14,16H2,1-3H3. The summed E-state index contributed by atoms with van der Waals surface area (Å²) in [6.45, 7) is 4.65. The predicted octanol–water partition coefficient (Wildman–Crippen LogP) is 4.75. The number of thiazole rings is 1. The van der Waals surface area contributed by atoms with Gasteiger partial charge in [0.25, 0.3) is 0 Å². The lowest BCUT2D eigenvalue weighted by molar-refractivity contribution is -0.117. The third kappa shape index (κ3) is 4.21. The molecule has 1 aliphatic rings. The van der Waals surface area contributed by atoms with Gasteiger partial charge in [0.1, 0.15) is 5.01 Å². The van der Waals surface area contributed by atoms with Crippen LogP contribution < -0.4 is 5.32 Å². The van der Waals surface area contributed by atoms with Crippen molar-refractivity contribution in [2.24, 2.45) is 0 Å². The highest BCUT2D eigenvalue weighted by Gasteiger charge is 2.30. The maximum absolute atomic E-state index is 12.2. The first-order chi connectivity index (χ1) is 16.6. The van der Waals surface area contributed by atoms with E-state index in [9.17, 15) is 4.79 Å². The van der Waals surface area contributed by atoms with Gasteiger partial charge in [0, 0.05) is 23.0 Å². The fourth-order valence-corrected chi connectivity index (χ4v) is 5.80. The van der Waals surface area contributed by atoms with Crippen LogP contribution >= 0.6 is 11.3 Å². The number of hydrogen-bond acceptors (Lipinski definition) is 6. The second-order valence-corrected chi connectivity index (χ2v) is 9.88. The summed E-state index contributed by atoms with van der Waals surface area (Å²) in [5, 5.41) is 8.97. The molecule has 0 saturated carbocycles. The van der Waals surface area contributed by atoms with E-state index in [1.54, 1.807) is 18.4 Å². The monoisotopic (exact) mass is 471 g/mol. The van der Waals surface area contributed by atoms with Crippen LogP contribution in [-0.2, 0) is 30.5 Å². The molecule has 1 aromatic carbocycles. The van der Waals surface area contributed by atoms with E-state index in [1.807, 2.05) is 6.20 Å². The molecule has 0 radical (unpaired) electrons. The van der Waals surface area contributed by atoms with Crippen molar-refractivity contribution in [2.75, 3.05) is 13.6 Å². The molecule has 34 heavy (non-hydrogen) atoms. The summed E-state index contributed by atoms with van der Waals surface area (Å²) in [6, 6.07) is 12.6. The summed E-state index contributed by atoms with van der Waals surface area (Å²) in [7, 11) is 1.79. The van der Waals surface area contributed by atoms with Gasteiger partial charge in [0.2, 0.25) is 0 Å². The number of aryl methyl sites for hydroxylation is 3. The van der Waals surface area contributed by atoms with Gasteiger partial charge in [0.05, 0.1) is 40.6 Å². The van der Waals surface area contributed by atoms with E-state index in [-0.39, 0.29) is 5.78 Å². The Labute approximate surface area is 204 Å². The van der Waals surface area contributed by atoms with Crippen molar-refractivity contribution in [2.45, 2.75) is 46.0 Å². The number of nitrogens with one attached hydrogen (secondary N) is 1. The average Bonchev–Trinajstić information content (AvgIpc) is 3.41. The van der Waals surface area contributed by atoms with E-state index in [1.165, 1.54) is 5.56 Å². The van der Waals surface area contributed by atoms with Crippen LogP contribution in [0.15, 0.2) is 42.6 Å². The summed E-state index contributed by atoms with van der Waals surface area (Å²) in [5.41, 5.74) is 8.78. The lowest BCUT2D eigenvalue weighted by Gasteiger charge is -2.15. The van der Waals surface area contributed by atoms with Gasteiger partial charge in [-0.2, -0.15) is 5.10 Å². The molecule has 6 nitrogen and oxygen atoms in total. The van der Waals surface area contributed by atoms with Crippen LogP contribution in [0.1, 0.15) is 40.9 Å². The summed E-state index contributed by atoms with van der Waals surface area (Å²) in [4.78, 5) is 22.9. The summed E-state index contributed by atoms with van der Waals surface area (Å²) >= 11 is 1.63. The van der Waals surface area contributed by atoms with Gasteiger partial charge in [-0.25, -0.2) is 9.67 Å². The molecule has 3 heterocycles. The molecule has 3 aromatic heterocycles. The van der Waals surface area contributed by atoms with Crippen molar-refractivity contribution in [3.63, 3.8) is 0 Å². The highest BCUT2D eigenvalue weighted by atomic mass is 32.1. The number of benzene rings is 1. The Morgan fingerprint density at radius 3 is 2.76 bits per heavy atom. The molecule has 174 valence electrons. The van der Waals surface area contributed by atoms with Crippen molar-refractivity contribution in [3.8, 4) is 27.5 Å². The molecule has 0 spiro atoms. The fraction of sp³-hybridized carbons (Fsp3) is 0.333. The maximum Gasteiger partial charge on any atom is 0.153 e. The lowest BCUT2D eigenvalue weighted by atomic mass is 9.95. The van der Waals surface area contributed by atoms with Crippen molar-refractivity contribution in [1.29, 1.82) is 0 Å². The average molecular weight is 472 g/mol. The first kappa shape index (κ1) is 22.6. The zero-order valence-electron chi connectivity index (χ0n) is 19.9. The number of fused-ring (bicyclic) bond motifs is 3. The molecule has 4 aromatic rings. The number of rotatable bonds is 8. The smallest absolute Gasteiger partial charge is 0.153 e. The molecule has 5 rings (SSSR count). The largest absolute Gasteiger partial charge is 0.313 e. The number of nitrogens with zero attached hydrogens (tertiary/aromatic N) is 4. The number of carbonyl (C=O) groups excluding carboxylic acids is 1. The normalized spacial score (nSPS) is 12.4. The van der Waals surface area contributed by atoms with Gasteiger partial charge in [0.15, 0.2) is 5.78 Å². The Morgan fingerprint density at radius 1 is 1.18 bits per heavy atom. The van der Waals surface area contributed by atoms with Gasteiger partial charge < -0.3 is 5.32 Å². The van der Waals surface area contributed by atoms with E-state index >= 15 is 0 Å². The van der Waals surface area contributed by atoms with Gasteiger partial charge in [-0.1, -0.05) is 31.5 Å². The molecule has 0 bridgehead atoms. The lowest BCUT2D eigenvalue weighted by Crippen LogP contribution is -2.20. The van der Waals surface area contributed by atoms with Crippen molar-refractivity contribution < 1.29 is 4.79 Å². The third-order valence-electron chi connectivity index (χ3n) is 6.22. The molecular weight excluding hydrogens is 442 g/mol. The topological polar surface area (TPSA) is 72.7 Å². The zero-order chi connectivity index (χ0) is 23.7. The number of likely N-dealkylation sites (N-methyl/N-ethyl adjacent to an activating group) is 1. The van der Waals surface area contributed by atoms with Gasteiger partial charge >= 0.3 is 0 Å². The first-order valence-electron chi connectivity index (χ1n) is 11.9. The minimum atomic E-state index is 0.153. The third-order valence-corrected chi connectivity index (χ3v) is 7.33. The van der Waals surface area contributed by atoms with E-state index in [2.05, 4.69) is 65.2 Å². The van der Waals surface area contributed by atoms with Crippen molar-refractivity contribution >= 4 is 17.1 Å². The highest BCUT2D eigenvalue weighted by molar-refractivity contribution is 7.15. The molecule has 7 heteroatoms. The Kier molecular flexibility index (Phi) is 6.39. The van der Waals surface area contributed by atoms with Crippen LogP contribution in [0.5, 0.6) is 0 Å². The van der Waals surface area contributed by atoms with E-state index in [0.717, 1.165) is 75.2 Å².